The second-order valence-corrected chi connectivity index (χ2v) is 4.19. The van der Waals surface area contributed by atoms with Crippen molar-refractivity contribution in [3.8, 4) is 0 Å². The SMILES string of the molecule is CC(C)(C)C(=O)OC(=O)C(O)C(O)C(=O)O. The Morgan fingerprint density at radius 3 is 1.81 bits per heavy atom. The van der Waals surface area contributed by atoms with E-state index in [1.54, 1.807) is 0 Å². The molecule has 16 heavy (non-hydrogen) atoms. The lowest BCUT2D eigenvalue weighted by atomic mass is 9.97. The van der Waals surface area contributed by atoms with Crippen LogP contribution in [0.1, 0.15) is 20.8 Å². The molecule has 7 heteroatoms. The third-order valence-corrected chi connectivity index (χ3v) is 1.60. The van der Waals surface area contributed by atoms with Crippen LogP contribution in [0.3, 0.4) is 0 Å². The number of aliphatic hydroxyl groups excluding tert-OH is 2. The first-order valence-electron chi connectivity index (χ1n) is 4.42. The van der Waals surface area contributed by atoms with Gasteiger partial charge in [-0.2, -0.15) is 0 Å². The second-order valence-electron chi connectivity index (χ2n) is 4.19. The molecule has 0 saturated heterocycles. The number of carbonyl (C=O) groups excluding carboxylic acids is 2. The van der Waals surface area contributed by atoms with Crippen LogP contribution in [0.15, 0.2) is 0 Å². The van der Waals surface area contributed by atoms with Gasteiger partial charge in [0.1, 0.15) is 0 Å². The predicted octanol–water partition coefficient (Wildman–Crippen LogP) is -1.09. The van der Waals surface area contributed by atoms with Crippen LogP contribution in [-0.2, 0) is 19.1 Å². The van der Waals surface area contributed by atoms with E-state index in [4.69, 9.17) is 15.3 Å². The third-order valence-electron chi connectivity index (χ3n) is 1.60. The maximum atomic E-state index is 11.2. The summed E-state index contributed by atoms with van der Waals surface area (Å²) >= 11 is 0. The van der Waals surface area contributed by atoms with Crippen molar-refractivity contribution in [3.63, 3.8) is 0 Å². The Bertz CT molecular complexity index is 301. The van der Waals surface area contributed by atoms with Gasteiger partial charge in [-0.05, 0) is 20.8 Å². The zero-order chi connectivity index (χ0) is 13.1. The standard InChI is InChI=1S/C9H14O7/c1-9(2,3)8(15)16-7(14)5(11)4(10)6(12)13/h4-5,10-11H,1-3H3,(H,12,13). The summed E-state index contributed by atoms with van der Waals surface area (Å²) < 4.78 is 4.20. The summed E-state index contributed by atoms with van der Waals surface area (Å²) in [6.07, 6.45) is -4.61. The molecule has 0 bridgehead atoms. The highest BCUT2D eigenvalue weighted by atomic mass is 16.6. The van der Waals surface area contributed by atoms with E-state index in [2.05, 4.69) is 4.74 Å². The monoisotopic (exact) mass is 234 g/mol. The molecule has 0 aromatic carbocycles. The van der Waals surface area contributed by atoms with Crippen molar-refractivity contribution in [1.29, 1.82) is 0 Å². The Morgan fingerprint density at radius 1 is 1.06 bits per heavy atom. The minimum absolute atomic E-state index is 0.922. The van der Waals surface area contributed by atoms with E-state index in [-0.39, 0.29) is 0 Å². The number of esters is 2. The Morgan fingerprint density at radius 2 is 1.50 bits per heavy atom. The van der Waals surface area contributed by atoms with Crippen LogP contribution in [-0.4, -0.2) is 45.4 Å². The van der Waals surface area contributed by atoms with E-state index in [1.165, 1.54) is 20.8 Å². The summed E-state index contributed by atoms with van der Waals surface area (Å²) in [5.41, 5.74) is -0.969. The van der Waals surface area contributed by atoms with Crippen molar-refractivity contribution in [3.05, 3.63) is 0 Å². The van der Waals surface area contributed by atoms with E-state index in [0.29, 0.717) is 0 Å². The average Bonchev–Trinajstić information content (AvgIpc) is 2.13. The summed E-state index contributed by atoms with van der Waals surface area (Å²) in [6.45, 7) is 4.42. The Balaban J connectivity index is 4.49. The van der Waals surface area contributed by atoms with E-state index < -0.39 is 35.5 Å². The highest BCUT2D eigenvalue weighted by Crippen LogP contribution is 2.15. The first-order chi connectivity index (χ1) is 7.07. The normalized spacial score (nSPS) is 15.1. The molecule has 0 aliphatic carbocycles. The first kappa shape index (κ1) is 14.5. The van der Waals surface area contributed by atoms with Crippen LogP contribution in [0.2, 0.25) is 0 Å². The topological polar surface area (TPSA) is 121 Å². The molecule has 0 rings (SSSR count). The van der Waals surface area contributed by atoms with E-state index in [9.17, 15) is 14.4 Å². The summed E-state index contributed by atoms with van der Waals surface area (Å²) in [7, 11) is 0. The number of aliphatic hydroxyl groups is 2. The van der Waals surface area contributed by atoms with Crippen LogP contribution in [0.4, 0.5) is 0 Å². The molecule has 0 aliphatic heterocycles. The molecule has 0 aromatic heterocycles. The Labute approximate surface area is 91.6 Å². The van der Waals surface area contributed by atoms with Gasteiger partial charge >= 0.3 is 17.9 Å². The fourth-order valence-electron chi connectivity index (χ4n) is 0.569. The average molecular weight is 234 g/mol. The van der Waals surface area contributed by atoms with Crippen LogP contribution < -0.4 is 0 Å². The van der Waals surface area contributed by atoms with Crippen molar-refractivity contribution >= 4 is 17.9 Å². The lowest BCUT2D eigenvalue weighted by Crippen LogP contribution is -2.42. The van der Waals surface area contributed by atoms with Gasteiger partial charge < -0.3 is 20.1 Å². The molecular weight excluding hydrogens is 220 g/mol. The minimum Gasteiger partial charge on any atom is -0.479 e. The molecule has 92 valence electrons. The highest BCUT2D eigenvalue weighted by molar-refractivity contribution is 5.92. The number of carboxylic acids is 1. The largest absolute Gasteiger partial charge is 0.479 e. The third kappa shape index (κ3) is 3.95. The quantitative estimate of drug-likeness (QED) is 0.419. The molecule has 0 radical (unpaired) electrons. The summed E-state index contributed by atoms with van der Waals surface area (Å²) in [5.74, 6) is -4.20. The lowest BCUT2D eigenvalue weighted by Gasteiger charge is -2.17. The van der Waals surface area contributed by atoms with Crippen LogP contribution in [0.25, 0.3) is 0 Å². The van der Waals surface area contributed by atoms with E-state index in [0.717, 1.165) is 0 Å². The van der Waals surface area contributed by atoms with Crippen molar-refractivity contribution in [2.24, 2.45) is 5.41 Å². The van der Waals surface area contributed by atoms with Gasteiger partial charge in [0.25, 0.3) is 0 Å². The second kappa shape index (κ2) is 5.04. The zero-order valence-corrected chi connectivity index (χ0v) is 9.13. The fourth-order valence-corrected chi connectivity index (χ4v) is 0.569. The van der Waals surface area contributed by atoms with Crippen LogP contribution >= 0.6 is 0 Å². The van der Waals surface area contributed by atoms with Crippen molar-refractivity contribution in [2.45, 2.75) is 33.0 Å². The van der Waals surface area contributed by atoms with Crippen molar-refractivity contribution in [2.75, 3.05) is 0 Å². The Kier molecular flexibility index (Phi) is 4.58. The number of carbonyl (C=O) groups is 3. The van der Waals surface area contributed by atoms with Gasteiger partial charge in [-0.25, -0.2) is 9.59 Å². The molecule has 0 spiro atoms. The maximum absolute atomic E-state index is 11.2. The van der Waals surface area contributed by atoms with Gasteiger partial charge in [0, 0.05) is 0 Å². The summed E-state index contributed by atoms with van der Waals surface area (Å²) in [4.78, 5) is 32.4. The number of carboxylic acid groups (broad SMARTS) is 1. The van der Waals surface area contributed by atoms with Gasteiger partial charge in [-0.15, -0.1) is 0 Å². The minimum atomic E-state index is -2.32. The molecule has 7 nitrogen and oxygen atoms in total. The maximum Gasteiger partial charge on any atom is 0.346 e. The molecule has 0 aliphatic rings. The Hall–Kier alpha value is -1.47. The molecule has 0 heterocycles. The van der Waals surface area contributed by atoms with Gasteiger partial charge in [0.2, 0.25) is 0 Å². The van der Waals surface area contributed by atoms with Crippen LogP contribution in [0.5, 0.6) is 0 Å². The molecular formula is C9H14O7. The van der Waals surface area contributed by atoms with Gasteiger partial charge in [0.05, 0.1) is 5.41 Å². The molecule has 0 fully saturated rings. The highest BCUT2D eigenvalue weighted by Gasteiger charge is 2.35. The number of aliphatic carboxylic acids is 1. The van der Waals surface area contributed by atoms with E-state index >= 15 is 0 Å². The molecule has 3 N–H and O–H groups in total. The van der Waals surface area contributed by atoms with Gasteiger partial charge in [0.15, 0.2) is 12.2 Å². The molecule has 0 saturated carbocycles. The van der Waals surface area contributed by atoms with E-state index in [1.807, 2.05) is 0 Å². The summed E-state index contributed by atoms with van der Waals surface area (Å²) in [6, 6.07) is 0. The fraction of sp³-hybridized carbons (Fsp3) is 0.667. The molecule has 2 unspecified atom stereocenters. The predicted molar refractivity (Wildman–Crippen MR) is 50.2 cm³/mol. The van der Waals surface area contributed by atoms with Crippen molar-refractivity contribution in [1.82, 2.24) is 0 Å². The smallest absolute Gasteiger partial charge is 0.346 e. The number of ether oxygens (including phenoxy) is 1. The van der Waals surface area contributed by atoms with Crippen molar-refractivity contribution < 1.29 is 34.4 Å². The number of rotatable bonds is 3. The first-order valence-corrected chi connectivity index (χ1v) is 4.42. The molecule has 2 atom stereocenters. The lowest BCUT2D eigenvalue weighted by molar-refractivity contribution is -0.179. The molecule has 0 amide bonds. The van der Waals surface area contributed by atoms with Gasteiger partial charge in [-0.1, -0.05) is 0 Å². The van der Waals surface area contributed by atoms with Crippen LogP contribution in [0, 0.1) is 5.41 Å². The summed E-state index contributed by atoms with van der Waals surface area (Å²) in [5, 5.41) is 26.1. The molecule has 0 aromatic rings. The zero-order valence-electron chi connectivity index (χ0n) is 9.13. The van der Waals surface area contributed by atoms with Gasteiger partial charge in [-0.3, -0.25) is 4.79 Å². The number of hydrogen-bond donors (Lipinski definition) is 3. The number of hydrogen-bond acceptors (Lipinski definition) is 6.